The molecule has 0 heterocycles. The Morgan fingerprint density at radius 3 is 2.21 bits per heavy atom. The van der Waals surface area contributed by atoms with E-state index in [1.54, 1.807) is 0 Å². The van der Waals surface area contributed by atoms with Crippen molar-refractivity contribution < 1.29 is 23.5 Å². The maximum atomic E-state index is 12.9. The van der Waals surface area contributed by atoms with E-state index in [2.05, 4.69) is 10.6 Å². The van der Waals surface area contributed by atoms with Crippen molar-refractivity contribution in [3.05, 3.63) is 35.4 Å². The molecule has 7 heteroatoms. The number of rotatable bonds is 4. The topological polar surface area (TPSA) is 78.4 Å². The molecule has 1 rings (SSSR count). The van der Waals surface area contributed by atoms with Gasteiger partial charge in [0, 0.05) is 12.6 Å². The summed E-state index contributed by atoms with van der Waals surface area (Å²) in [5.74, 6) is -2.69. The summed E-state index contributed by atoms with van der Waals surface area (Å²) in [4.78, 5) is 22.2. The van der Waals surface area contributed by atoms with E-state index in [9.17, 15) is 18.4 Å². The number of halogens is 2. The zero-order chi connectivity index (χ0) is 14.6. The number of benzene rings is 1. The minimum absolute atomic E-state index is 0.115. The lowest BCUT2D eigenvalue weighted by molar-refractivity contribution is -0.142. The molecule has 19 heavy (non-hydrogen) atoms. The van der Waals surface area contributed by atoms with Crippen molar-refractivity contribution >= 4 is 12.0 Å². The summed E-state index contributed by atoms with van der Waals surface area (Å²) in [6.45, 7) is 2.52. The first-order valence-electron chi connectivity index (χ1n) is 5.45. The molecule has 0 atom stereocenters. The first-order chi connectivity index (χ1) is 8.70. The smallest absolute Gasteiger partial charge is 0.328 e. The van der Waals surface area contributed by atoms with Gasteiger partial charge in [-0.3, -0.25) is 0 Å². The number of carboxylic acid groups (broad SMARTS) is 1. The number of nitrogens with one attached hydrogen (secondary N) is 2. The van der Waals surface area contributed by atoms with E-state index >= 15 is 0 Å². The Labute approximate surface area is 108 Å². The van der Waals surface area contributed by atoms with Gasteiger partial charge in [-0.2, -0.15) is 0 Å². The first-order valence-corrected chi connectivity index (χ1v) is 5.45. The quantitative estimate of drug-likeness (QED) is 0.779. The molecule has 3 N–H and O–H groups in total. The first kappa shape index (κ1) is 14.9. The molecule has 104 valence electrons. The van der Waals surface area contributed by atoms with E-state index < -0.39 is 29.2 Å². The molecule has 0 spiro atoms. The Kier molecular flexibility index (Phi) is 4.42. The van der Waals surface area contributed by atoms with Gasteiger partial charge in [0.05, 0.1) is 0 Å². The van der Waals surface area contributed by atoms with E-state index in [0.717, 1.165) is 18.2 Å². The van der Waals surface area contributed by atoms with Gasteiger partial charge in [-0.25, -0.2) is 18.4 Å². The normalized spacial score (nSPS) is 10.9. The Morgan fingerprint density at radius 1 is 1.21 bits per heavy atom. The lowest BCUT2D eigenvalue weighted by Gasteiger charge is -2.21. The van der Waals surface area contributed by atoms with E-state index in [-0.39, 0.29) is 12.1 Å². The molecule has 0 unspecified atom stereocenters. The van der Waals surface area contributed by atoms with Gasteiger partial charge in [0.1, 0.15) is 17.2 Å². The van der Waals surface area contributed by atoms with Gasteiger partial charge in [0.25, 0.3) is 0 Å². The SMILES string of the molecule is CC(C)(NC(=O)NCc1cc(F)cc(F)c1)C(=O)O. The second kappa shape index (κ2) is 5.64. The van der Waals surface area contributed by atoms with Crippen LogP contribution in [-0.2, 0) is 11.3 Å². The zero-order valence-electron chi connectivity index (χ0n) is 10.5. The average Bonchev–Trinajstić information content (AvgIpc) is 2.24. The van der Waals surface area contributed by atoms with Crippen molar-refractivity contribution in [2.75, 3.05) is 0 Å². The maximum absolute atomic E-state index is 12.9. The molecule has 1 aromatic carbocycles. The zero-order valence-corrected chi connectivity index (χ0v) is 10.5. The molecule has 0 bridgehead atoms. The van der Waals surface area contributed by atoms with Gasteiger partial charge in [-0.15, -0.1) is 0 Å². The van der Waals surface area contributed by atoms with Crippen molar-refractivity contribution in [1.29, 1.82) is 0 Å². The highest BCUT2D eigenvalue weighted by Crippen LogP contribution is 2.07. The summed E-state index contributed by atoms with van der Waals surface area (Å²) in [6, 6.07) is 2.13. The minimum atomic E-state index is -1.43. The third-order valence-corrected chi connectivity index (χ3v) is 2.34. The van der Waals surface area contributed by atoms with Crippen LogP contribution < -0.4 is 10.6 Å². The highest BCUT2D eigenvalue weighted by Gasteiger charge is 2.28. The second-order valence-electron chi connectivity index (χ2n) is 4.52. The van der Waals surface area contributed by atoms with Crippen molar-refractivity contribution in [1.82, 2.24) is 10.6 Å². The summed E-state index contributed by atoms with van der Waals surface area (Å²) < 4.78 is 25.8. The standard InChI is InChI=1S/C12H14F2N2O3/c1-12(2,10(17)18)16-11(19)15-6-7-3-8(13)5-9(14)4-7/h3-5H,6H2,1-2H3,(H,17,18)(H2,15,16,19). The molecule has 0 fully saturated rings. The summed E-state index contributed by atoms with van der Waals surface area (Å²) in [5.41, 5.74) is -1.20. The summed E-state index contributed by atoms with van der Waals surface area (Å²) in [7, 11) is 0. The van der Waals surface area contributed by atoms with E-state index in [4.69, 9.17) is 5.11 Å². The monoisotopic (exact) mass is 272 g/mol. The summed E-state index contributed by atoms with van der Waals surface area (Å²) in [6.07, 6.45) is 0. The van der Waals surface area contributed by atoms with Gasteiger partial charge >= 0.3 is 12.0 Å². The van der Waals surface area contributed by atoms with Crippen molar-refractivity contribution in [3.8, 4) is 0 Å². The molecule has 0 saturated heterocycles. The molecule has 0 aliphatic carbocycles. The van der Waals surface area contributed by atoms with Gasteiger partial charge in [0.2, 0.25) is 0 Å². The molecule has 2 amide bonds. The third kappa shape index (κ3) is 4.53. The summed E-state index contributed by atoms with van der Waals surface area (Å²) >= 11 is 0. The predicted molar refractivity (Wildman–Crippen MR) is 63.4 cm³/mol. The molecule has 0 aromatic heterocycles. The number of hydrogen-bond acceptors (Lipinski definition) is 2. The average molecular weight is 272 g/mol. The van der Waals surface area contributed by atoms with Crippen LogP contribution in [0.15, 0.2) is 18.2 Å². The fourth-order valence-electron chi connectivity index (χ4n) is 1.28. The van der Waals surface area contributed by atoms with Crippen molar-refractivity contribution in [2.45, 2.75) is 25.9 Å². The molecule has 0 aliphatic heterocycles. The molecule has 5 nitrogen and oxygen atoms in total. The lowest BCUT2D eigenvalue weighted by atomic mass is 10.1. The molecule has 0 aliphatic rings. The maximum Gasteiger partial charge on any atom is 0.328 e. The van der Waals surface area contributed by atoms with Gasteiger partial charge in [-0.05, 0) is 31.5 Å². The second-order valence-corrected chi connectivity index (χ2v) is 4.52. The Bertz CT molecular complexity index is 483. The van der Waals surface area contributed by atoms with Crippen LogP contribution >= 0.6 is 0 Å². The Balaban J connectivity index is 2.57. The number of carboxylic acids is 1. The van der Waals surface area contributed by atoms with Crippen molar-refractivity contribution in [2.24, 2.45) is 0 Å². The van der Waals surface area contributed by atoms with Crippen LogP contribution in [0.5, 0.6) is 0 Å². The largest absolute Gasteiger partial charge is 0.480 e. The van der Waals surface area contributed by atoms with Gasteiger partial charge in [-0.1, -0.05) is 0 Å². The number of carbonyl (C=O) groups excluding carboxylic acids is 1. The highest BCUT2D eigenvalue weighted by molar-refractivity contribution is 5.85. The summed E-state index contributed by atoms with van der Waals surface area (Å²) in [5, 5.41) is 13.3. The van der Waals surface area contributed by atoms with Gasteiger partial charge in [0.15, 0.2) is 0 Å². The lowest BCUT2D eigenvalue weighted by Crippen LogP contribution is -2.52. The number of urea groups is 1. The Morgan fingerprint density at radius 2 is 1.74 bits per heavy atom. The van der Waals surface area contributed by atoms with Crippen LogP contribution in [0.4, 0.5) is 13.6 Å². The van der Waals surface area contributed by atoms with Crippen LogP contribution in [0.25, 0.3) is 0 Å². The molecular weight excluding hydrogens is 258 g/mol. The molecule has 0 saturated carbocycles. The van der Waals surface area contributed by atoms with Crippen LogP contribution in [0.2, 0.25) is 0 Å². The van der Waals surface area contributed by atoms with Crippen LogP contribution in [0.3, 0.4) is 0 Å². The van der Waals surface area contributed by atoms with Gasteiger partial charge < -0.3 is 15.7 Å². The van der Waals surface area contributed by atoms with Crippen LogP contribution in [0, 0.1) is 11.6 Å². The number of amides is 2. The third-order valence-electron chi connectivity index (χ3n) is 2.34. The fourth-order valence-corrected chi connectivity index (χ4v) is 1.28. The van der Waals surface area contributed by atoms with Crippen molar-refractivity contribution in [3.63, 3.8) is 0 Å². The number of carbonyl (C=O) groups is 2. The molecule has 0 radical (unpaired) electrons. The van der Waals surface area contributed by atoms with E-state index in [1.165, 1.54) is 13.8 Å². The van der Waals surface area contributed by atoms with Crippen LogP contribution in [-0.4, -0.2) is 22.6 Å². The number of hydrogen-bond donors (Lipinski definition) is 3. The van der Waals surface area contributed by atoms with Crippen LogP contribution in [0.1, 0.15) is 19.4 Å². The molecular formula is C12H14F2N2O3. The predicted octanol–water partition coefficient (Wildman–Crippen LogP) is 1.63. The highest BCUT2D eigenvalue weighted by atomic mass is 19.1. The fraction of sp³-hybridized carbons (Fsp3) is 0.333. The van der Waals surface area contributed by atoms with E-state index in [0.29, 0.717) is 0 Å². The minimum Gasteiger partial charge on any atom is -0.480 e. The number of aliphatic carboxylic acids is 1. The van der Waals surface area contributed by atoms with E-state index in [1.807, 2.05) is 0 Å². The Hall–Kier alpha value is -2.18. The molecule has 1 aromatic rings.